The lowest BCUT2D eigenvalue weighted by molar-refractivity contribution is 0.206. The molecule has 1 rings (SSSR count). The number of rotatable bonds is 5. The Hall–Kier alpha value is -0.0400. The van der Waals surface area contributed by atoms with Crippen LogP contribution in [0.2, 0.25) is 0 Å². The Morgan fingerprint density at radius 1 is 1.21 bits per heavy atom. The lowest BCUT2D eigenvalue weighted by Gasteiger charge is -2.34. The molecule has 0 radical (unpaired) electrons. The van der Waals surface area contributed by atoms with Gasteiger partial charge in [-0.1, -0.05) is 40.0 Å². The van der Waals surface area contributed by atoms with Gasteiger partial charge in [0.25, 0.3) is 0 Å². The highest BCUT2D eigenvalue weighted by atomic mass is 14.9. The molecular weight excluding hydrogens is 170 g/mol. The zero-order chi connectivity index (χ0) is 10.4. The molecule has 1 N–H and O–H groups in total. The summed E-state index contributed by atoms with van der Waals surface area (Å²) in [5.74, 6) is 1.97. The fourth-order valence-corrected chi connectivity index (χ4v) is 2.98. The second-order valence-electron chi connectivity index (χ2n) is 4.77. The van der Waals surface area contributed by atoms with Gasteiger partial charge in [-0.3, -0.25) is 0 Å². The number of hydrogen-bond acceptors (Lipinski definition) is 1. The van der Waals surface area contributed by atoms with Gasteiger partial charge in [-0.25, -0.2) is 0 Å². The van der Waals surface area contributed by atoms with Crippen molar-refractivity contribution in [1.29, 1.82) is 0 Å². The Kier molecular flexibility index (Phi) is 5.54. The topological polar surface area (TPSA) is 12.0 Å². The number of hydrogen-bond donors (Lipinski definition) is 1. The first-order valence-corrected chi connectivity index (χ1v) is 6.55. The highest BCUT2D eigenvalue weighted by Gasteiger charge is 2.25. The van der Waals surface area contributed by atoms with E-state index in [1.54, 1.807) is 0 Å². The highest BCUT2D eigenvalue weighted by Crippen LogP contribution is 2.33. The molecule has 0 heterocycles. The SMILES string of the molecule is CCNC(CC)C1CCCC(CC)C1. The van der Waals surface area contributed by atoms with Crippen molar-refractivity contribution in [2.24, 2.45) is 11.8 Å². The third-order valence-electron chi connectivity index (χ3n) is 3.88. The summed E-state index contributed by atoms with van der Waals surface area (Å²) in [7, 11) is 0. The molecule has 3 atom stereocenters. The van der Waals surface area contributed by atoms with Gasteiger partial charge in [-0.2, -0.15) is 0 Å². The minimum Gasteiger partial charge on any atom is -0.314 e. The molecule has 0 aromatic carbocycles. The van der Waals surface area contributed by atoms with E-state index in [1.165, 1.54) is 38.5 Å². The summed E-state index contributed by atoms with van der Waals surface area (Å²) in [6, 6.07) is 0.786. The van der Waals surface area contributed by atoms with Crippen molar-refractivity contribution in [3.05, 3.63) is 0 Å². The molecule has 0 amide bonds. The van der Waals surface area contributed by atoms with Gasteiger partial charge in [0.2, 0.25) is 0 Å². The van der Waals surface area contributed by atoms with Crippen LogP contribution >= 0.6 is 0 Å². The average Bonchev–Trinajstić information content (AvgIpc) is 2.26. The van der Waals surface area contributed by atoms with Crippen molar-refractivity contribution in [3.63, 3.8) is 0 Å². The van der Waals surface area contributed by atoms with Crippen molar-refractivity contribution in [3.8, 4) is 0 Å². The number of nitrogens with one attached hydrogen (secondary N) is 1. The van der Waals surface area contributed by atoms with E-state index in [9.17, 15) is 0 Å². The summed E-state index contributed by atoms with van der Waals surface area (Å²) in [6.07, 6.45) is 8.57. The third-order valence-corrected chi connectivity index (χ3v) is 3.88. The second kappa shape index (κ2) is 6.44. The molecule has 0 aliphatic heterocycles. The summed E-state index contributed by atoms with van der Waals surface area (Å²) in [6.45, 7) is 8.03. The molecule has 0 bridgehead atoms. The van der Waals surface area contributed by atoms with Gasteiger partial charge in [0.05, 0.1) is 0 Å². The van der Waals surface area contributed by atoms with Gasteiger partial charge in [-0.05, 0) is 37.6 Å². The molecular formula is C13H27N. The summed E-state index contributed by atoms with van der Waals surface area (Å²) in [4.78, 5) is 0. The van der Waals surface area contributed by atoms with Crippen LogP contribution in [0.5, 0.6) is 0 Å². The van der Waals surface area contributed by atoms with Crippen LogP contribution in [0.4, 0.5) is 0 Å². The van der Waals surface area contributed by atoms with Crippen LogP contribution in [0.25, 0.3) is 0 Å². The third kappa shape index (κ3) is 3.27. The van der Waals surface area contributed by atoms with Gasteiger partial charge in [0, 0.05) is 6.04 Å². The van der Waals surface area contributed by atoms with Crippen molar-refractivity contribution in [2.45, 2.75) is 65.3 Å². The summed E-state index contributed by atoms with van der Waals surface area (Å²) in [5, 5.41) is 3.65. The van der Waals surface area contributed by atoms with Crippen LogP contribution in [0, 0.1) is 11.8 Å². The molecule has 0 spiro atoms. The second-order valence-corrected chi connectivity index (χ2v) is 4.77. The van der Waals surface area contributed by atoms with Gasteiger partial charge >= 0.3 is 0 Å². The largest absolute Gasteiger partial charge is 0.314 e. The van der Waals surface area contributed by atoms with Crippen molar-refractivity contribution >= 4 is 0 Å². The summed E-state index contributed by atoms with van der Waals surface area (Å²) in [5.41, 5.74) is 0. The Morgan fingerprint density at radius 2 is 2.00 bits per heavy atom. The molecule has 0 saturated heterocycles. The Morgan fingerprint density at radius 3 is 2.57 bits per heavy atom. The van der Waals surface area contributed by atoms with Crippen LogP contribution in [0.15, 0.2) is 0 Å². The molecule has 1 nitrogen and oxygen atoms in total. The zero-order valence-corrected chi connectivity index (χ0v) is 10.2. The summed E-state index contributed by atoms with van der Waals surface area (Å²) >= 11 is 0. The molecule has 1 heteroatoms. The van der Waals surface area contributed by atoms with Crippen molar-refractivity contribution in [2.75, 3.05) is 6.54 Å². The lowest BCUT2D eigenvalue weighted by atomic mass is 9.76. The normalized spacial score (nSPS) is 30.2. The molecule has 84 valence electrons. The fraction of sp³-hybridized carbons (Fsp3) is 1.00. The minimum absolute atomic E-state index is 0.786. The zero-order valence-electron chi connectivity index (χ0n) is 10.2. The Balaban J connectivity index is 2.40. The average molecular weight is 197 g/mol. The van der Waals surface area contributed by atoms with Gasteiger partial charge < -0.3 is 5.32 Å². The molecule has 14 heavy (non-hydrogen) atoms. The van der Waals surface area contributed by atoms with E-state index in [-0.39, 0.29) is 0 Å². The predicted molar refractivity (Wildman–Crippen MR) is 63.5 cm³/mol. The van der Waals surface area contributed by atoms with Gasteiger partial charge in [0.15, 0.2) is 0 Å². The van der Waals surface area contributed by atoms with E-state index >= 15 is 0 Å². The quantitative estimate of drug-likeness (QED) is 0.710. The van der Waals surface area contributed by atoms with Crippen LogP contribution in [0.3, 0.4) is 0 Å². The van der Waals surface area contributed by atoms with Crippen molar-refractivity contribution < 1.29 is 0 Å². The maximum absolute atomic E-state index is 3.65. The molecule has 0 aromatic heterocycles. The highest BCUT2D eigenvalue weighted by molar-refractivity contribution is 4.81. The Bertz CT molecular complexity index is 144. The van der Waals surface area contributed by atoms with E-state index in [4.69, 9.17) is 0 Å². The van der Waals surface area contributed by atoms with Gasteiger partial charge in [-0.15, -0.1) is 0 Å². The van der Waals surface area contributed by atoms with Crippen molar-refractivity contribution in [1.82, 2.24) is 5.32 Å². The Labute approximate surface area is 89.7 Å². The van der Waals surface area contributed by atoms with Crippen LogP contribution in [0.1, 0.15) is 59.3 Å². The lowest BCUT2D eigenvalue weighted by Crippen LogP contribution is -2.38. The van der Waals surface area contributed by atoms with E-state index in [2.05, 4.69) is 26.1 Å². The molecule has 0 aromatic rings. The first-order chi connectivity index (χ1) is 6.81. The standard InChI is InChI=1S/C13H27N/c1-4-11-8-7-9-12(10-11)13(5-2)14-6-3/h11-14H,4-10H2,1-3H3. The molecule has 3 unspecified atom stereocenters. The van der Waals surface area contributed by atoms with E-state index < -0.39 is 0 Å². The smallest absolute Gasteiger partial charge is 0.00926 e. The first kappa shape index (κ1) is 12.0. The monoisotopic (exact) mass is 197 g/mol. The maximum atomic E-state index is 3.65. The summed E-state index contributed by atoms with van der Waals surface area (Å²) < 4.78 is 0. The maximum Gasteiger partial charge on any atom is 0.00926 e. The van der Waals surface area contributed by atoms with E-state index in [1.807, 2.05) is 0 Å². The molecule has 1 saturated carbocycles. The first-order valence-electron chi connectivity index (χ1n) is 6.55. The van der Waals surface area contributed by atoms with Crippen LogP contribution in [-0.4, -0.2) is 12.6 Å². The van der Waals surface area contributed by atoms with Gasteiger partial charge in [0.1, 0.15) is 0 Å². The molecule has 1 aliphatic rings. The van der Waals surface area contributed by atoms with Crippen LogP contribution < -0.4 is 5.32 Å². The molecule has 1 aliphatic carbocycles. The fourth-order valence-electron chi connectivity index (χ4n) is 2.98. The van der Waals surface area contributed by atoms with Crippen LogP contribution in [-0.2, 0) is 0 Å². The van der Waals surface area contributed by atoms with E-state index in [0.717, 1.165) is 24.4 Å². The minimum atomic E-state index is 0.786. The predicted octanol–water partition coefficient (Wildman–Crippen LogP) is 3.59. The van der Waals surface area contributed by atoms with E-state index in [0.29, 0.717) is 0 Å². The molecule has 1 fully saturated rings.